The van der Waals surface area contributed by atoms with Gasteiger partial charge in [-0.15, -0.1) is 50.5 Å². The van der Waals surface area contributed by atoms with Crippen LogP contribution in [0.3, 0.4) is 0 Å². The minimum Gasteiger partial charge on any atom is -0.142 e. The van der Waals surface area contributed by atoms with Crippen molar-refractivity contribution in [2.75, 3.05) is 0 Å². The zero-order valence-corrected chi connectivity index (χ0v) is 13.5. The molecule has 0 aromatic heterocycles. The normalized spacial score (nSPS) is 11.6. The maximum absolute atomic E-state index is 4.57. The van der Waals surface area contributed by atoms with Gasteiger partial charge >= 0.3 is 0 Å². The molecule has 0 amide bonds. The zero-order valence-electron chi connectivity index (χ0n) is 9.94. The first-order valence-electron chi connectivity index (χ1n) is 5.28. The lowest BCUT2D eigenvalue weighted by Crippen LogP contribution is -2.01. The van der Waals surface area contributed by atoms with E-state index in [2.05, 4.69) is 78.2 Å². The molecule has 0 aliphatic rings. The third-order valence-electron chi connectivity index (χ3n) is 2.62. The highest BCUT2D eigenvalue weighted by Crippen LogP contribution is 2.43. The Morgan fingerprint density at radius 1 is 0.562 bits per heavy atom. The first-order chi connectivity index (χ1) is 7.29. The second kappa shape index (κ2) is 5.51. The van der Waals surface area contributed by atoms with Crippen molar-refractivity contribution in [1.82, 2.24) is 0 Å². The molecule has 90 valence electrons. The molecule has 1 aromatic rings. The van der Waals surface area contributed by atoms with E-state index in [0.717, 1.165) is 30.7 Å². The summed E-state index contributed by atoms with van der Waals surface area (Å²) < 4.78 is 0. The number of thiol groups is 4. The number of hydrogen-bond acceptors (Lipinski definition) is 4. The van der Waals surface area contributed by atoms with Gasteiger partial charge in [0.05, 0.1) is 0 Å². The highest BCUT2D eigenvalue weighted by atomic mass is 32.1. The van der Waals surface area contributed by atoms with Gasteiger partial charge in [-0.1, -0.05) is 27.7 Å². The molecule has 0 saturated heterocycles. The van der Waals surface area contributed by atoms with Crippen LogP contribution in [0, 0.1) is 0 Å². The smallest absolute Gasteiger partial charge is 0.0223 e. The summed E-state index contributed by atoms with van der Waals surface area (Å²) in [4.78, 5) is 3.74. The molecule has 0 atom stereocenters. The Morgan fingerprint density at radius 3 is 0.875 bits per heavy atom. The van der Waals surface area contributed by atoms with E-state index in [-0.39, 0.29) is 0 Å². The molecule has 0 spiro atoms. The van der Waals surface area contributed by atoms with Gasteiger partial charge in [0.2, 0.25) is 0 Å². The van der Waals surface area contributed by atoms with Crippen molar-refractivity contribution < 1.29 is 0 Å². The maximum atomic E-state index is 4.57. The van der Waals surface area contributed by atoms with Crippen molar-refractivity contribution in [2.45, 2.75) is 59.1 Å². The Kier molecular flexibility index (Phi) is 5.05. The number of rotatable bonds is 2. The second-order valence-electron chi connectivity index (χ2n) is 4.53. The predicted molar refractivity (Wildman–Crippen MR) is 83.6 cm³/mol. The summed E-state index contributed by atoms with van der Waals surface area (Å²) in [6, 6.07) is 0. The summed E-state index contributed by atoms with van der Waals surface area (Å²) in [6.45, 7) is 8.52. The first-order valence-corrected chi connectivity index (χ1v) is 7.07. The van der Waals surface area contributed by atoms with Crippen LogP contribution in [0.25, 0.3) is 0 Å². The van der Waals surface area contributed by atoms with Gasteiger partial charge in [0.25, 0.3) is 0 Å². The molecule has 0 radical (unpaired) electrons. The van der Waals surface area contributed by atoms with E-state index in [1.54, 1.807) is 0 Å². The fourth-order valence-corrected chi connectivity index (χ4v) is 3.97. The molecular formula is C12H18S4. The Bertz CT molecular complexity index is 340. The predicted octanol–water partition coefficient (Wildman–Crippen LogP) is 5.09. The van der Waals surface area contributed by atoms with Crippen LogP contribution in [-0.2, 0) is 0 Å². The van der Waals surface area contributed by atoms with E-state index in [4.69, 9.17) is 0 Å². The zero-order chi connectivity index (χ0) is 12.6. The monoisotopic (exact) mass is 290 g/mol. The second-order valence-corrected chi connectivity index (χ2v) is 6.32. The van der Waals surface area contributed by atoms with E-state index in [1.165, 1.54) is 0 Å². The summed E-state index contributed by atoms with van der Waals surface area (Å²) in [5.74, 6) is 0.746. The van der Waals surface area contributed by atoms with Gasteiger partial charge in [0, 0.05) is 19.6 Å². The van der Waals surface area contributed by atoms with Gasteiger partial charge in [-0.05, 0) is 23.0 Å². The molecule has 16 heavy (non-hydrogen) atoms. The Morgan fingerprint density at radius 2 is 0.750 bits per heavy atom. The van der Waals surface area contributed by atoms with Gasteiger partial charge in [-0.2, -0.15) is 0 Å². The molecule has 1 rings (SSSR count). The topological polar surface area (TPSA) is 0 Å². The van der Waals surface area contributed by atoms with Crippen LogP contribution >= 0.6 is 50.5 Å². The SMILES string of the molecule is CC(C)c1c(S)c(S)c(C(C)C)c(S)c1S. The maximum Gasteiger partial charge on any atom is 0.0223 e. The summed E-state index contributed by atoms with van der Waals surface area (Å²) in [5, 5.41) is 0. The molecule has 4 heteroatoms. The van der Waals surface area contributed by atoms with Crippen LogP contribution in [0.15, 0.2) is 19.6 Å². The van der Waals surface area contributed by atoms with Gasteiger partial charge in [0.15, 0.2) is 0 Å². The lowest BCUT2D eigenvalue weighted by molar-refractivity contribution is 0.738. The lowest BCUT2D eigenvalue weighted by Gasteiger charge is -2.22. The van der Waals surface area contributed by atoms with Crippen LogP contribution < -0.4 is 0 Å². The molecule has 0 aliphatic carbocycles. The molecule has 0 unspecified atom stereocenters. The van der Waals surface area contributed by atoms with Crippen molar-refractivity contribution in [3.63, 3.8) is 0 Å². The van der Waals surface area contributed by atoms with Crippen LogP contribution in [0.2, 0.25) is 0 Å². The highest BCUT2D eigenvalue weighted by Gasteiger charge is 2.20. The highest BCUT2D eigenvalue weighted by molar-refractivity contribution is 7.84. The van der Waals surface area contributed by atoms with Crippen molar-refractivity contribution in [3.8, 4) is 0 Å². The summed E-state index contributed by atoms with van der Waals surface area (Å²) in [7, 11) is 0. The first kappa shape index (κ1) is 14.7. The largest absolute Gasteiger partial charge is 0.142 e. The average molecular weight is 291 g/mol. The molecule has 0 bridgehead atoms. The van der Waals surface area contributed by atoms with E-state index in [1.807, 2.05) is 0 Å². The Balaban J connectivity index is 3.63. The molecule has 0 saturated carbocycles. The van der Waals surface area contributed by atoms with Crippen LogP contribution in [-0.4, -0.2) is 0 Å². The molecule has 0 nitrogen and oxygen atoms in total. The van der Waals surface area contributed by atoms with E-state index in [0.29, 0.717) is 11.8 Å². The molecule has 0 N–H and O–H groups in total. The van der Waals surface area contributed by atoms with Gasteiger partial charge in [-0.25, -0.2) is 0 Å². The fourth-order valence-electron chi connectivity index (χ4n) is 1.83. The van der Waals surface area contributed by atoms with Gasteiger partial charge in [-0.3, -0.25) is 0 Å². The van der Waals surface area contributed by atoms with Crippen LogP contribution in [0.5, 0.6) is 0 Å². The molecule has 0 fully saturated rings. The van der Waals surface area contributed by atoms with Crippen molar-refractivity contribution in [2.24, 2.45) is 0 Å². The Hall–Kier alpha value is 0.620. The van der Waals surface area contributed by atoms with Crippen molar-refractivity contribution in [1.29, 1.82) is 0 Å². The van der Waals surface area contributed by atoms with E-state index in [9.17, 15) is 0 Å². The lowest BCUT2D eigenvalue weighted by atomic mass is 9.96. The van der Waals surface area contributed by atoms with Crippen molar-refractivity contribution in [3.05, 3.63) is 11.1 Å². The third-order valence-corrected chi connectivity index (χ3v) is 4.83. The van der Waals surface area contributed by atoms with Crippen molar-refractivity contribution >= 4 is 50.5 Å². The van der Waals surface area contributed by atoms with Crippen LogP contribution in [0.1, 0.15) is 50.7 Å². The Labute approximate surface area is 120 Å². The summed E-state index contributed by atoms with van der Waals surface area (Å²) >= 11 is 18.3. The molecule has 0 heterocycles. The molecule has 0 aliphatic heterocycles. The standard InChI is InChI=1S/C12H18S4/c1-5(2)7-9(13)11(15)8(6(3)4)12(16)10(7)14/h5-6,13-16H,1-4H3. The van der Waals surface area contributed by atoms with Gasteiger partial charge < -0.3 is 0 Å². The third kappa shape index (κ3) is 2.55. The quantitative estimate of drug-likeness (QED) is 0.536. The van der Waals surface area contributed by atoms with E-state index < -0.39 is 0 Å². The molecule has 1 aromatic carbocycles. The van der Waals surface area contributed by atoms with Crippen LogP contribution in [0.4, 0.5) is 0 Å². The van der Waals surface area contributed by atoms with E-state index >= 15 is 0 Å². The number of hydrogen-bond donors (Lipinski definition) is 4. The fraction of sp³-hybridized carbons (Fsp3) is 0.500. The number of benzene rings is 1. The summed E-state index contributed by atoms with van der Waals surface area (Å²) in [5.41, 5.74) is 2.26. The minimum absolute atomic E-state index is 0.373. The van der Waals surface area contributed by atoms with Gasteiger partial charge in [0.1, 0.15) is 0 Å². The average Bonchev–Trinajstić information content (AvgIpc) is 2.14. The molecular weight excluding hydrogens is 272 g/mol. The summed E-state index contributed by atoms with van der Waals surface area (Å²) in [6.07, 6.45) is 0. The minimum atomic E-state index is 0.373.